The van der Waals surface area contributed by atoms with E-state index in [9.17, 15) is 14.4 Å². The number of ketones is 1. The van der Waals surface area contributed by atoms with Gasteiger partial charge in [-0.15, -0.1) is 0 Å². The van der Waals surface area contributed by atoms with E-state index in [4.69, 9.17) is 4.74 Å². The lowest BCUT2D eigenvalue weighted by molar-refractivity contribution is -0.145. The number of benzene rings is 2. The molecule has 0 fully saturated rings. The summed E-state index contributed by atoms with van der Waals surface area (Å²) in [7, 11) is 1.29. The molecule has 1 N–H and O–H groups in total. The molecule has 0 saturated heterocycles. The van der Waals surface area contributed by atoms with Crippen molar-refractivity contribution >= 4 is 29.4 Å². The molecule has 2 rings (SSSR count). The van der Waals surface area contributed by atoms with Gasteiger partial charge in [0.15, 0.2) is 5.78 Å². The van der Waals surface area contributed by atoms with Crippen LogP contribution in [0.2, 0.25) is 0 Å². The number of carbonyl (C=O) groups is 3. The van der Waals surface area contributed by atoms with E-state index < -0.39 is 12.0 Å². The number of esters is 1. The van der Waals surface area contributed by atoms with Gasteiger partial charge in [0.2, 0.25) is 5.91 Å². The van der Waals surface area contributed by atoms with E-state index in [-0.39, 0.29) is 24.5 Å². The molecule has 1 atom stereocenters. The Kier molecular flexibility index (Phi) is 8.75. The quantitative estimate of drug-likeness (QED) is 0.487. The molecule has 0 spiro atoms. The zero-order chi connectivity index (χ0) is 20.4. The number of methoxy groups -OCH3 is 1. The number of Topliss-reactive ketones (excluding diaryl/α,β-unsaturated/α-hetero) is 1. The predicted octanol–water partition coefficient (Wildman–Crippen LogP) is 3.73. The molecule has 0 bridgehead atoms. The van der Waals surface area contributed by atoms with Crippen molar-refractivity contribution in [3.8, 4) is 11.1 Å². The maximum Gasteiger partial charge on any atom is 0.328 e. The molecular weight excluding hydrogens is 374 g/mol. The second kappa shape index (κ2) is 11.3. The maximum atomic E-state index is 12.4. The van der Waals surface area contributed by atoms with Gasteiger partial charge < -0.3 is 10.1 Å². The van der Waals surface area contributed by atoms with Gasteiger partial charge in [0.05, 0.1) is 7.11 Å². The number of ether oxygens (including phenoxy) is 1. The lowest BCUT2D eigenvalue weighted by atomic mass is 10.0. The van der Waals surface area contributed by atoms with E-state index in [0.29, 0.717) is 12.0 Å². The van der Waals surface area contributed by atoms with Crippen molar-refractivity contribution in [1.29, 1.82) is 0 Å². The molecule has 0 aromatic heterocycles. The van der Waals surface area contributed by atoms with Gasteiger partial charge in [-0.05, 0) is 29.6 Å². The van der Waals surface area contributed by atoms with Gasteiger partial charge in [0.1, 0.15) is 6.04 Å². The van der Waals surface area contributed by atoms with Crippen LogP contribution in [0.4, 0.5) is 0 Å². The highest BCUT2D eigenvalue weighted by molar-refractivity contribution is 7.98. The van der Waals surface area contributed by atoms with Crippen molar-refractivity contribution in [3.05, 3.63) is 60.2 Å². The zero-order valence-corrected chi connectivity index (χ0v) is 17.0. The van der Waals surface area contributed by atoms with Crippen LogP contribution in [0.3, 0.4) is 0 Å². The highest BCUT2D eigenvalue weighted by Gasteiger charge is 2.21. The van der Waals surface area contributed by atoms with Crippen LogP contribution in [0.1, 0.15) is 29.6 Å². The van der Waals surface area contributed by atoms with E-state index in [0.717, 1.165) is 16.9 Å². The Morgan fingerprint density at radius 2 is 1.61 bits per heavy atom. The van der Waals surface area contributed by atoms with Crippen molar-refractivity contribution in [2.24, 2.45) is 0 Å². The summed E-state index contributed by atoms with van der Waals surface area (Å²) in [5.41, 5.74) is 2.68. The molecule has 0 saturated carbocycles. The summed E-state index contributed by atoms with van der Waals surface area (Å²) in [4.78, 5) is 36.3. The van der Waals surface area contributed by atoms with Crippen molar-refractivity contribution in [3.63, 3.8) is 0 Å². The summed E-state index contributed by atoms with van der Waals surface area (Å²) in [6.07, 6.45) is 2.55. The Morgan fingerprint density at radius 3 is 2.21 bits per heavy atom. The first kappa shape index (κ1) is 21.7. The van der Waals surface area contributed by atoms with Crippen molar-refractivity contribution in [2.45, 2.75) is 25.3 Å². The molecule has 5 nitrogen and oxygen atoms in total. The lowest BCUT2D eigenvalue weighted by Gasteiger charge is -2.15. The molecule has 1 amide bonds. The van der Waals surface area contributed by atoms with Gasteiger partial charge in [-0.3, -0.25) is 9.59 Å². The maximum absolute atomic E-state index is 12.4. The highest BCUT2D eigenvalue weighted by atomic mass is 32.2. The average molecular weight is 400 g/mol. The monoisotopic (exact) mass is 399 g/mol. The summed E-state index contributed by atoms with van der Waals surface area (Å²) in [6, 6.07) is 16.6. The number of amides is 1. The first-order chi connectivity index (χ1) is 13.5. The number of nitrogens with one attached hydrogen (secondary N) is 1. The number of rotatable bonds is 10. The van der Waals surface area contributed by atoms with Gasteiger partial charge in [0.25, 0.3) is 0 Å². The molecular formula is C22H25NO4S. The standard InChI is InChI=1S/C22H25NO4S/c1-27-22(26)19(14-15-28-2)23-21(25)13-12-20(24)18-10-8-17(9-11-18)16-6-4-3-5-7-16/h3-11,19H,12-15H2,1-2H3,(H,23,25)/t19-/m0/s1. The molecule has 2 aromatic rings. The summed E-state index contributed by atoms with van der Waals surface area (Å²) < 4.78 is 4.72. The smallest absolute Gasteiger partial charge is 0.328 e. The molecule has 148 valence electrons. The van der Waals surface area contributed by atoms with E-state index in [1.165, 1.54) is 7.11 Å². The molecule has 0 aliphatic carbocycles. The highest BCUT2D eigenvalue weighted by Crippen LogP contribution is 2.20. The summed E-state index contributed by atoms with van der Waals surface area (Å²) in [6.45, 7) is 0. The fourth-order valence-electron chi connectivity index (χ4n) is 2.74. The van der Waals surface area contributed by atoms with E-state index in [2.05, 4.69) is 5.32 Å². The third kappa shape index (κ3) is 6.53. The Bertz CT molecular complexity index is 790. The van der Waals surface area contributed by atoms with Crippen molar-refractivity contribution < 1.29 is 19.1 Å². The lowest BCUT2D eigenvalue weighted by Crippen LogP contribution is -2.42. The topological polar surface area (TPSA) is 72.5 Å². The molecule has 0 radical (unpaired) electrons. The van der Waals surface area contributed by atoms with Crippen LogP contribution < -0.4 is 5.32 Å². The fraction of sp³-hybridized carbons (Fsp3) is 0.318. The molecule has 0 unspecified atom stereocenters. The first-order valence-electron chi connectivity index (χ1n) is 9.10. The van der Waals surface area contributed by atoms with Crippen LogP contribution in [-0.2, 0) is 14.3 Å². The van der Waals surface area contributed by atoms with Gasteiger partial charge in [-0.1, -0.05) is 54.6 Å². The third-order valence-electron chi connectivity index (χ3n) is 4.32. The second-order valence-corrected chi connectivity index (χ2v) is 7.28. The van der Waals surface area contributed by atoms with Crippen LogP contribution in [0.25, 0.3) is 11.1 Å². The number of hydrogen-bond donors (Lipinski definition) is 1. The number of carbonyl (C=O) groups excluding carboxylic acids is 3. The summed E-state index contributed by atoms with van der Waals surface area (Å²) in [5.74, 6) is -0.170. The minimum atomic E-state index is -0.676. The summed E-state index contributed by atoms with van der Waals surface area (Å²) in [5, 5.41) is 2.66. The molecule has 0 aliphatic rings. The van der Waals surface area contributed by atoms with Crippen LogP contribution in [0, 0.1) is 0 Å². The Balaban J connectivity index is 1.88. The van der Waals surface area contributed by atoms with E-state index in [1.54, 1.807) is 23.9 Å². The van der Waals surface area contributed by atoms with E-state index in [1.807, 2.05) is 48.7 Å². The average Bonchev–Trinajstić information content (AvgIpc) is 2.75. The van der Waals surface area contributed by atoms with Crippen LogP contribution >= 0.6 is 11.8 Å². The van der Waals surface area contributed by atoms with Crippen molar-refractivity contribution in [1.82, 2.24) is 5.32 Å². The second-order valence-electron chi connectivity index (χ2n) is 6.29. The zero-order valence-electron chi connectivity index (χ0n) is 16.1. The molecule has 0 heterocycles. The van der Waals surface area contributed by atoms with Gasteiger partial charge in [-0.25, -0.2) is 4.79 Å². The Labute approximate surface area is 169 Å². The molecule has 2 aromatic carbocycles. The van der Waals surface area contributed by atoms with Crippen LogP contribution in [0.15, 0.2) is 54.6 Å². The largest absolute Gasteiger partial charge is 0.467 e. The van der Waals surface area contributed by atoms with Gasteiger partial charge >= 0.3 is 5.97 Å². The molecule has 28 heavy (non-hydrogen) atoms. The van der Waals surface area contributed by atoms with Crippen molar-refractivity contribution in [2.75, 3.05) is 19.1 Å². The Hall–Kier alpha value is -2.60. The molecule has 0 aliphatic heterocycles. The van der Waals surface area contributed by atoms with Gasteiger partial charge in [0, 0.05) is 18.4 Å². The summed E-state index contributed by atoms with van der Waals surface area (Å²) >= 11 is 1.59. The normalized spacial score (nSPS) is 11.5. The minimum Gasteiger partial charge on any atom is -0.467 e. The molecule has 6 heteroatoms. The fourth-order valence-corrected chi connectivity index (χ4v) is 3.22. The Morgan fingerprint density at radius 1 is 0.964 bits per heavy atom. The number of hydrogen-bond acceptors (Lipinski definition) is 5. The first-order valence-corrected chi connectivity index (χ1v) is 10.5. The third-order valence-corrected chi connectivity index (χ3v) is 4.97. The van der Waals surface area contributed by atoms with E-state index >= 15 is 0 Å². The SMILES string of the molecule is COC(=O)[C@H](CCSC)NC(=O)CCC(=O)c1ccc(-c2ccccc2)cc1. The van der Waals surface area contributed by atoms with Crippen LogP contribution in [-0.4, -0.2) is 42.8 Å². The van der Waals surface area contributed by atoms with Gasteiger partial charge in [-0.2, -0.15) is 11.8 Å². The number of thioether (sulfide) groups is 1. The predicted molar refractivity (Wildman–Crippen MR) is 112 cm³/mol. The minimum absolute atomic E-state index is 0.0338. The van der Waals surface area contributed by atoms with Crippen LogP contribution in [0.5, 0.6) is 0 Å².